The van der Waals surface area contributed by atoms with Crippen LogP contribution in [0.25, 0.3) is 0 Å². The van der Waals surface area contributed by atoms with Crippen molar-refractivity contribution < 1.29 is 14.2 Å². The second kappa shape index (κ2) is 6.06. The van der Waals surface area contributed by atoms with Crippen LogP contribution < -0.4 is 14.4 Å². The molecule has 5 heteroatoms. The van der Waals surface area contributed by atoms with Crippen molar-refractivity contribution >= 4 is 27.3 Å². The molecule has 4 nitrogen and oxygen atoms in total. The maximum Gasteiger partial charge on any atom is 0.231 e. The van der Waals surface area contributed by atoms with Gasteiger partial charge in [0, 0.05) is 28.5 Å². The van der Waals surface area contributed by atoms with Gasteiger partial charge in [-0.05, 0) is 48.7 Å². The first-order valence-electron chi connectivity index (χ1n) is 7.76. The number of halogens is 1. The molecule has 0 N–H and O–H groups in total. The minimum atomic E-state index is 0.298. The predicted molar refractivity (Wildman–Crippen MR) is 93.0 cm³/mol. The fraction of sp³-hybridized carbons (Fsp3) is 0.333. The van der Waals surface area contributed by atoms with Gasteiger partial charge in [0.05, 0.1) is 13.2 Å². The Labute approximate surface area is 144 Å². The van der Waals surface area contributed by atoms with Crippen LogP contribution >= 0.6 is 15.9 Å². The van der Waals surface area contributed by atoms with Crippen molar-refractivity contribution in [1.29, 1.82) is 0 Å². The highest BCUT2D eigenvalue weighted by molar-refractivity contribution is 9.10. The first-order chi connectivity index (χ1) is 11.2. The second-order valence-electron chi connectivity index (χ2n) is 5.78. The van der Waals surface area contributed by atoms with Crippen molar-refractivity contribution in [1.82, 2.24) is 0 Å². The summed E-state index contributed by atoms with van der Waals surface area (Å²) in [5, 5.41) is 0. The Hall–Kier alpha value is -1.72. The van der Waals surface area contributed by atoms with Gasteiger partial charge >= 0.3 is 0 Å². The summed E-state index contributed by atoms with van der Waals surface area (Å²) >= 11 is 3.57. The molecule has 2 aromatic rings. The lowest BCUT2D eigenvalue weighted by molar-refractivity contribution is 0.142. The highest BCUT2D eigenvalue weighted by Gasteiger charge is 2.22. The Morgan fingerprint density at radius 3 is 2.91 bits per heavy atom. The third-order valence-corrected chi connectivity index (χ3v) is 4.76. The normalized spacial score (nSPS) is 16.7. The van der Waals surface area contributed by atoms with Crippen molar-refractivity contribution in [3.8, 4) is 11.5 Å². The lowest BCUT2D eigenvalue weighted by atomic mass is 10.1. The van der Waals surface area contributed by atoms with Gasteiger partial charge in [-0.1, -0.05) is 15.9 Å². The number of benzene rings is 2. The molecule has 0 amide bonds. The van der Waals surface area contributed by atoms with E-state index in [2.05, 4.69) is 58.1 Å². The summed E-state index contributed by atoms with van der Waals surface area (Å²) in [6.07, 6.45) is 0.912. The Bertz CT molecular complexity index is 747. The van der Waals surface area contributed by atoms with Crippen molar-refractivity contribution in [2.75, 3.05) is 31.5 Å². The zero-order valence-corrected chi connectivity index (χ0v) is 14.6. The summed E-state index contributed by atoms with van der Waals surface area (Å²) in [6, 6.07) is 10.7. The molecule has 23 heavy (non-hydrogen) atoms. The SMILES string of the molecule is Cc1cc(N2CCOCCc3cc(Br)ccc32)cc2c1OCO2. The van der Waals surface area contributed by atoms with Gasteiger partial charge in [-0.25, -0.2) is 0 Å². The van der Waals surface area contributed by atoms with Crippen LogP contribution in [0, 0.1) is 6.92 Å². The third-order valence-electron chi connectivity index (χ3n) is 4.26. The van der Waals surface area contributed by atoms with Gasteiger partial charge in [-0.2, -0.15) is 0 Å². The van der Waals surface area contributed by atoms with Gasteiger partial charge in [0.2, 0.25) is 6.79 Å². The molecule has 0 spiro atoms. The molecular formula is C18H18BrNO3. The maximum absolute atomic E-state index is 5.73. The van der Waals surface area contributed by atoms with Gasteiger partial charge in [0.1, 0.15) is 0 Å². The van der Waals surface area contributed by atoms with Crippen LogP contribution in [0.3, 0.4) is 0 Å². The molecule has 0 aromatic heterocycles. The van der Waals surface area contributed by atoms with E-state index >= 15 is 0 Å². The van der Waals surface area contributed by atoms with Crippen LogP contribution in [0.4, 0.5) is 11.4 Å². The largest absolute Gasteiger partial charge is 0.454 e. The average molecular weight is 376 g/mol. The first kappa shape index (κ1) is 14.8. The molecule has 4 rings (SSSR count). The maximum atomic E-state index is 5.73. The van der Waals surface area contributed by atoms with Crippen molar-refractivity contribution in [2.24, 2.45) is 0 Å². The molecule has 0 saturated heterocycles. The van der Waals surface area contributed by atoms with Crippen LogP contribution in [-0.2, 0) is 11.2 Å². The zero-order valence-electron chi connectivity index (χ0n) is 13.0. The Balaban J connectivity index is 1.81. The van der Waals surface area contributed by atoms with E-state index in [1.807, 2.05) is 0 Å². The van der Waals surface area contributed by atoms with Crippen LogP contribution in [0.5, 0.6) is 11.5 Å². The molecule has 0 aliphatic carbocycles. The Kier molecular flexibility index (Phi) is 3.91. The number of anilines is 2. The van der Waals surface area contributed by atoms with E-state index in [1.165, 1.54) is 11.3 Å². The number of hydrogen-bond acceptors (Lipinski definition) is 4. The van der Waals surface area contributed by atoms with Crippen molar-refractivity contribution in [2.45, 2.75) is 13.3 Å². The average Bonchev–Trinajstić information content (AvgIpc) is 2.98. The number of ether oxygens (including phenoxy) is 3. The number of rotatable bonds is 1. The lowest BCUT2D eigenvalue weighted by Crippen LogP contribution is -2.26. The third kappa shape index (κ3) is 2.79. The van der Waals surface area contributed by atoms with Gasteiger partial charge in [0.15, 0.2) is 11.5 Å². The summed E-state index contributed by atoms with van der Waals surface area (Å²) < 4.78 is 17.9. The summed E-state index contributed by atoms with van der Waals surface area (Å²) in [5.41, 5.74) is 4.72. The van der Waals surface area contributed by atoms with Crippen molar-refractivity contribution in [3.05, 3.63) is 45.9 Å². The fourth-order valence-corrected chi connectivity index (χ4v) is 3.58. The van der Waals surface area contributed by atoms with Crippen LogP contribution in [0.15, 0.2) is 34.8 Å². The smallest absolute Gasteiger partial charge is 0.231 e. The van der Waals surface area contributed by atoms with Gasteiger partial charge in [-0.3, -0.25) is 0 Å². The molecule has 0 bridgehead atoms. The van der Waals surface area contributed by atoms with Crippen LogP contribution in [0.2, 0.25) is 0 Å². The van der Waals surface area contributed by atoms with E-state index in [1.54, 1.807) is 0 Å². The molecule has 0 atom stereocenters. The number of fused-ring (bicyclic) bond motifs is 2. The Morgan fingerprint density at radius 2 is 2.00 bits per heavy atom. The quantitative estimate of drug-likeness (QED) is 0.747. The van der Waals surface area contributed by atoms with E-state index < -0.39 is 0 Å². The minimum Gasteiger partial charge on any atom is -0.454 e. The summed E-state index contributed by atoms with van der Waals surface area (Å²) in [6.45, 7) is 4.64. The molecular weight excluding hydrogens is 358 g/mol. The summed E-state index contributed by atoms with van der Waals surface area (Å²) in [7, 11) is 0. The molecule has 2 aliphatic rings. The molecule has 0 unspecified atom stereocenters. The standard InChI is InChI=1S/C18H18BrNO3/c1-12-8-15(10-17-18(12)23-11-22-17)20-5-7-21-6-4-13-9-14(19)2-3-16(13)20/h2-3,8-10H,4-7,11H2,1H3. The van der Waals surface area contributed by atoms with Crippen LogP contribution in [-0.4, -0.2) is 26.6 Å². The molecule has 0 fully saturated rings. The van der Waals surface area contributed by atoms with E-state index in [0.29, 0.717) is 13.4 Å². The van der Waals surface area contributed by atoms with E-state index in [-0.39, 0.29) is 0 Å². The topological polar surface area (TPSA) is 30.9 Å². The van der Waals surface area contributed by atoms with Gasteiger partial charge < -0.3 is 19.1 Å². The van der Waals surface area contributed by atoms with E-state index in [9.17, 15) is 0 Å². The molecule has 0 radical (unpaired) electrons. The van der Waals surface area contributed by atoms with Crippen molar-refractivity contribution in [3.63, 3.8) is 0 Å². The number of nitrogens with zero attached hydrogens (tertiary/aromatic N) is 1. The molecule has 120 valence electrons. The molecule has 2 heterocycles. The van der Waals surface area contributed by atoms with E-state index in [0.717, 1.165) is 46.8 Å². The van der Waals surface area contributed by atoms with Crippen LogP contribution in [0.1, 0.15) is 11.1 Å². The van der Waals surface area contributed by atoms with E-state index in [4.69, 9.17) is 14.2 Å². The highest BCUT2D eigenvalue weighted by atomic mass is 79.9. The summed E-state index contributed by atoms with van der Waals surface area (Å²) in [5.74, 6) is 1.68. The minimum absolute atomic E-state index is 0.298. The molecule has 2 aliphatic heterocycles. The lowest BCUT2D eigenvalue weighted by Gasteiger charge is -2.30. The highest BCUT2D eigenvalue weighted by Crippen LogP contribution is 2.41. The number of aryl methyl sites for hydroxylation is 1. The molecule has 2 aromatic carbocycles. The number of hydrogen-bond donors (Lipinski definition) is 0. The Morgan fingerprint density at radius 1 is 1.09 bits per heavy atom. The molecule has 0 saturated carbocycles. The van der Waals surface area contributed by atoms with Gasteiger partial charge in [0.25, 0.3) is 0 Å². The fourth-order valence-electron chi connectivity index (χ4n) is 3.17. The van der Waals surface area contributed by atoms with Gasteiger partial charge in [-0.15, -0.1) is 0 Å². The summed E-state index contributed by atoms with van der Waals surface area (Å²) in [4.78, 5) is 2.30. The second-order valence-corrected chi connectivity index (χ2v) is 6.70. The first-order valence-corrected chi connectivity index (χ1v) is 8.55. The zero-order chi connectivity index (χ0) is 15.8. The predicted octanol–water partition coefficient (Wildman–Crippen LogP) is 4.20. The monoisotopic (exact) mass is 375 g/mol.